The third-order valence-corrected chi connectivity index (χ3v) is 17.3. The first-order chi connectivity index (χ1) is 42.9. The van der Waals surface area contributed by atoms with Gasteiger partial charge in [-0.2, -0.15) is 0 Å². The molecule has 90 heavy (non-hydrogen) atoms. The fourth-order valence-electron chi connectivity index (χ4n) is 11.8. The van der Waals surface area contributed by atoms with E-state index in [2.05, 4.69) is 46.9 Å². The molecule has 1 aromatic heterocycles. The van der Waals surface area contributed by atoms with Gasteiger partial charge in [0.15, 0.2) is 17.9 Å². The number of β-amino-alcohol motifs (C(OH)–C–C–N with tert-alkyl or cyclic N) is 1. The molecule has 32 nitrogen and oxygen atoms in total. The van der Waals surface area contributed by atoms with Crippen molar-refractivity contribution in [3.8, 4) is 0 Å². The standard InChI is InChI=1S/C57H87N19O13S/c1-30(69-47(81)37(15-7-19-66-56(61)62)71-46(80)36(58)14-6-18-65-55(59)60)51(85)75-28-34(78)24-42(75)49(83)68-26-45(79)70-39(25-35-13-9-21-90-35)48(82)73-40(29-77)52(86)74-27-33-12-3-2-10-31(33)22-44(74)53(87)76-41-17-5-4-11-32(41)23-43(76)50(84)72-38(54(88)89)16-8-20-67-57(63)64/h2-3,9-10,12-13,21,30,32,34,36-44,77-78H,4-8,11,14-20,22-29,58H2,1H3,(H,68,83)(H,69,81)(H,70,79)(H,71,80)(H,72,84)(H,73,82)(H,88,89)(H4,59,60,65)(H4,61,62,66)(H4,63,64,67)/t30-,32-,34-,36+,37-,38-,39-,40-,41-,42-,43-,44+/m0/s1. The number of carbonyl (C=O) groups excluding carboxylic acids is 9. The van der Waals surface area contributed by atoms with E-state index < -0.39 is 139 Å². The second-order valence-corrected chi connectivity index (χ2v) is 24.0. The van der Waals surface area contributed by atoms with Crippen LogP contribution >= 0.6 is 11.3 Å². The molecule has 9 amide bonds. The molecule has 33 heteroatoms. The molecule has 3 fully saturated rings. The Hall–Kier alpha value is -8.69. The summed E-state index contributed by atoms with van der Waals surface area (Å²) >= 11 is 1.26. The van der Waals surface area contributed by atoms with Gasteiger partial charge in [-0.05, 0) is 93.2 Å². The van der Waals surface area contributed by atoms with E-state index in [-0.39, 0.29) is 114 Å². The van der Waals surface area contributed by atoms with E-state index in [4.69, 9.17) is 40.1 Å². The highest BCUT2D eigenvalue weighted by atomic mass is 32.1. The average molecular weight is 1280 g/mol. The molecule has 2 aromatic rings. The number of thiophene rings is 1. The van der Waals surface area contributed by atoms with E-state index in [0.29, 0.717) is 23.3 Å². The lowest BCUT2D eigenvalue weighted by atomic mass is 9.84. The SMILES string of the molecule is C[C@H](NC(=O)[C@H](CCCN=C(N)N)NC(=O)[C@H](N)CCCN=C(N)N)C(=O)N1C[C@@H](O)C[C@H]1C(=O)NCC(=O)N[C@@H](Cc1cccs1)C(=O)N[C@@H](CO)C(=O)N1Cc2ccccc2C[C@@H]1C(=O)N1[C@H](C(=O)N[C@@H](CCCN=C(N)N)C(=O)O)C[C@@H]2CCCC[C@@H]21. The van der Waals surface area contributed by atoms with Gasteiger partial charge in [0, 0.05) is 62.9 Å². The number of carbonyl (C=O) groups is 10. The van der Waals surface area contributed by atoms with E-state index in [1.165, 1.54) is 28.1 Å². The maximum absolute atomic E-state index is 15.3. The summed E-state index contributed by atoms with van der Waals surface area (Å²) < 4.78 is 0. The number of rotatable bonds is 31. The monoisotopic (exact) mass is 1280 g/mol. The van der Waals surface area contributed by atoms with Crippen LogP contribution in [0.1, 0.15) is 100.0 Å². The maximum atomic E-state index is 15.3. The highest BCUT2D eigenvalue weighted by molar-refractivity contribution is 7.09. The third-order valence-electron chi connectivity index (χ3n) is 16.4. The first-order valence-electron chi connectivity index (χ1n) is 30.1. The van der Waals surface area contributed by atoms with Crippen LogP contribution in [0.5, 0.6) is 0 Å². The van der Waals surface area contributed by atoms with Crippen LogP contribution in [-0.2, 0) is 67.3 Å². The number of likely N-dealkylation sites (tertiary alicyclic amines) is 2. The Labute approximate surface area is 524 Å². The van der Waals surface area contributed by atoms with Gasteiger partial charge >= 0.3 is 5.97 Å². The van der Waals surface area contributed by atoms with Crippen molar-refractivity contribution in [2.45, 2.75) is 170 Å². The summed E-state index contributed by atoms with van der Waals surface area (Å²) in [6, 6.07) is -1.44. The average Bonchev–Trinajstić information content (AvgIpc) is 1.49. The Bertz CT molecular complexity index is 2960. The number of carboxylic acids is 1. The smallest absolute Gasteiger partial charge is 0.326 e. The maximum Gasteiger partial charge on any atom is 0.326 e. The minimum Gasteiger partial charge on any atom is -0.480 e. The van der Waals surface area contributed by atoms with Crippen molar-refractivity contribution in [3.05, 3.63) is 57.8 Å². The normalized spacial score (nSPS) is 21.2. The fourth-order valence-corrected chi connectivity index (χ4v) is 12.6. The zero-order valence-electron chi connectivity index (χ0n) is 50.4. The number of hydrogen-bond acceptors (Lipinski definition) is 17. The van der Waals surface area contributed by atoms with Gasteiger partial charge in [-0.1, -0.05) is 43.2 Å². The Morgan fingerprint density at radius 1 is 0.656 bits per heavy atom. The van der Waals surface area contributed by atoms with Crippen LogP contribution in [0, 0.1) is 5.92 Å². The summed E-state index contributed by atoms with van der Waals surface area (Å²) in [7, 11) is 0. The van der Waals surface area contributed by atoms with Gasteiger partial charge in [0.25, 0.3) is 0 Å². The first kappa shape index (κ1) is 70.4. The van der Waals surface area contributed by atoms with Crippen LogP contribution in [-0.4, -0.2) is 213 Å². The zero-order valence-corrected chi connectivity index (χ0v) is 51.2. The number of hydrogen-bond donors (Lipinski definition) is 16. The first-order valence-corrected chi connectivity index (χ1v) is 31.0. The molecule has 12 atom stereocenters. The predicted molar refractivity (Wildman–Crippen MR) is 330 cm³/mol. The number of nitrogens with two attached hydrogens (primary N) is 7. The molecule has 3 aliphatic heterocycles. The quantitative estimate of drug-likeness (QED) is 0.0190. The summed E-state index contributed by atoms with van der Waals surface area (Å²) in [5, 5.41) is 48.9. The van der Waals surface area contributed by atoms with Crippen molar-refractivity contribution < 1.29 is 63.3 Å². The predicted octanol–water partition coefficient (Wildman–Crippen LogP) is -5.51. The van der Waals surface area contributed by atoms with Gasteiger partial charge in [-0.15, -0.1) is 11.3 Å². The molecular weight excluding hydrogens is 1190 g/mol. The van der Waals surface area contributed by atoms with Crippen LogP contribution in [0.3, 0.4) is 0 Å². The van der Waals surface area contributed by atoms with Crippen molar-refractivity contribution in [1.29, 1.82) is 0 Å². The zero-order chi connectivity index (χ0) is 65.8. The highest BCUT2D eigenvalue weighted by Crippen LogP contribution is 2.41. The van der Waals surface area contributed by atoms with Crippen LogP contribution < -0.4 is 72.0 Å². The number of aliphatic hydroxyl groups is 2. The van der Waals surface area contributed by atoms with Crippen molar-refractivity contribution in [1.82, 2.24) is 46.6 Å². The number of benzene rings is 1. The van der Waals surface area contributed by atoms with E-state index >= 15 is 4.79 Å². The number of carboxylic acid groups (broad SMARTS) is 1. The van der Waals surface area contributed by atoms with Crippen molar-refractivity contribution >= 4 is 88.3 Å². The number of guanidine groups is 3. The van der Waals surface area contributed by atoms with Gasteiger partial charge < -0.3 is 102 Å². The van der Waals surface area contributed by atoms with E-state index in [0.717, 1.165) is 29.7 Å². The van der Waals surface area contributed by atoms with Gasteiger partial charge in [-0.3, -0.25) is 58.1 Å². The Morgan fingerprint density at radius 2 is 1.27 bits per heavy atom. The minimum absolute atomic E-state index is 0.00175. The second-order valence-electron chi connectivity index (χ2n) is 23.0. The number of aliphatic imine (C=N–C) groups is 3. The number of amides is 9. The highest BCUT2D eigenvalue weighted by Gasteiger charge is 2.52. The molecule has 0 spiro atoms. The molecule has 2 saturated heterocycles. The summed E-state index contributed by atoms with van der Waals surface area (Å²) in [6.45, 7) is -0.334. The number of aliphatic hydroxyl groups excluding tert-OH is 2. The van der Waals surface area contributed by atoms with Gasteiger partial charge in [0.1, 0.15) is 48.3 Å². The number of aliphatic carboxylic acids is 1. The molecule has 4 aliphatic rings. The molecule has 4 heterocycles. The number of nitrogens with zero attached hydrogens (tertiary/aromatic N) is 6. The van der Waals surface area contributed by atoms with Crippen LogP contribution in [0.2, 0.25) is 0 Å². The molecule has 1 saturated carbocycles. The molecule has 23 N–H and O–H groups in total. The summed E-state index contributed by atoms with van der Waals surface area (Å²) in [5.41, 5.74) is 40.0. The van der Waals surface area contributed by atoms with E-state index in [1.807, 2.05) is 6.07 Å². The molecule has 1 aromatic carbocycles. The van der Waals surface area contributed by atoms with Crippen LogP contribution in [0.15, 0.2) is 56.8 Å². The number of nitrogens with one attached hydrogen (secondary N) is 6. The van der Waals surface area contributed by atoms with Crippen molar-refractivity contribution in [2.24, 2.45) is 61.0 Å². The number of fused-ring (bicyclic) bond motifs is 2. The van der Waals surface area contributed by atoms with Crippen LogP contribution in [0.4, 0.5) is 0 Å². The lowest BCUT2D eigenvalue weighted by Crippen LogP contribution is -2.63. The van der Waals surface area contributed by atoms with Crippen molar-refractivity contribution in [2.75, 3.05) is 39.3 Å². The molecule has 494 valence electrons. The van der Waals surface area contributed by atoms with Crippen molar-refractivity contribution in [3.63, 3.8) is 0 Å². The lowest BCUT2D eigenvalue weighted by molar-refractivity contribution is -0.153. The molecule has 0 radical (unpaired) electrons. The molecule has 0 bridgehead atoms. The van der Waals surface area contributed by atoms with Gasteiger partial charge in [0.05, 0.1) is 25.3 Å². The second kappa shape index (κ2) is 33.8. The minimum atomic E-state index is -1.67. The third kappa shape index (κ3) is 19.9. The lowest BCUT2D eigenvalue weighted by Gasteiger charge is -2.42. The Balaban J connectivity index is 1.12. The molecular formula is C57H87N19O13S. The summed E-state index contributed by atoms with van der Waals surface area (Å²) in [4.78, 5) is 156. The molecule has 1 aliphatic carbocycles. The fraction of sp³-hybridized carbons (Fsp3) is 0.596. The topological polar surface area (TPSA) is 533 Å². The summed E-state index contributed by atoms with van der Waals surface area (Å²) in [5.74, 6) is -8.79. The Morgan fingerprint density at radius 3 is 1.89 bits per heavy atom. The Kier molecular flexibility index (Phi) is 26.4. The molecule has 6 rings (SSSR count). The van der Waals surface area contributed by atoms with Gasteiger partial charge in [0.2, 0.25) is 53.2 Å². The van der Waals surface area contributed by atoms with Gasteiger partial charge in [-0.25, -0.2) is 4.79 Å². The van der Waals surface area contributed by atoms with E-state index in [1.54, 1.807) is 35.7 Å². The summed E-state index contributed by atoms with van der Waals surface area (Å²) in [6.07, 6.45) is 2.66. The largest absolute Gasteiger partial charge is 0.480 e. The molecule has 0 unspecified atom stereocenters. The van der Waals surface area contributed by atoms with E-state index in [9.17, 15) is 58.5 Å². The van der Waals surface area contributed by atoms with Crippen LogP contribution in [0.25, 0.3) is 0 Å².